The Hall–Kier alpha value is -0.260. The summed E-state index contributed by atoms with van der Waals surface area (Å²) in [5.74, 6) is 5.62. The van der Waals surface area contributed by atoms with Gasteiger partial charge in [-0.3, -0.25) is 0 Å². The van der Waals surface area contributed by atoms with E-state index in [0.29, 0.717) is 16.7 Å². The molecule has 0 radical (unpaired) electrons. The first kappa shape index (κ1) is 19.5. The molecule has 0 heterocycles. The summed E-state index contributed by atoms with van der Waals surface area (Å²) in [6.45, 7) is 19.2. The summed E-state index contributed by atoms with van der Waals surface area (Å²) in [7, 11) is 0. The van der Waals surface area contributed by atoms with Gasteiger partial charge in [0.2, 0.25) is 0 Å². The van der Waals surface area contributed by atoms with Crippen LogP contribution in [-0.4, -0.2) is 0 Å². The van der Waals surface area contributed by atoms with Crippen LogP contribution < -0.4 is 0 Å². The number of hydrogen-bond donors (Lipinski definition) is 0. The van der Waals surface area contributed by atoms with Crippen LogP contribution in [0, 0.1) is 46.3 Å². The Labute approximate surface area is 158 Å². The van der Waals surface area contributed by atoms with Crippen molar-refractivity contribution in [1.29, 1.82) is 0 Å². The van der Waals surface area contributed by atoms with Gasteiger partial charge in [0.15, 0.2) is 0 Å². The predicted molar refractivity (Wildman–Crippen MR) is 111 cm³/mol. The van der Waals surface area contributed by atoms with Gasteiger partial charge in [-0.2, -0.15) is 0 Å². The van der Waals surface area contributed by atoms with Gasteiger partial charge in [-0.1, -0.05) is 66.0 Å². The molecular formula is C25H44. The predicted octanol–water partition coefficient (Wildman–Crippen LogP) is 7.88. The molecule has 0 aliphatic heterocycles. The molecule has 0 bridgehead atoms. The van der Waals surface area contributed by atoms with Gasteiger partial charge in [0.25, 0.3) is 0 Å². The normalized spacial score (nSPS) is 48.3. The summed E-state index contributed by atoms with van der Waals surface area (Å²) in [5.41, 5.74) is 2.55. The van der Waals surface area contributed by atoms with Crippen molar-refractivity contribution in [3.05, 3.63) is 12.2 Å². The molecule has 0 spiro atoms. The topological polar surface area (TPSA) is 0 Å². The fourth-order valence-corrected chi connectivity index (χ4v) is 7.99. The van der Waals surface area contributed by atoms with Crippen molar-refractivity contribution >= 4 is 0 Å². The Balaban J connectivity index is 1.84. The highest BCUT2D eigenvalue weighted by Crippen LogP contribution is 2.64. The van der Waals surface area contributed by atoms with E-state index in [4.69, 9.17) is 0 Å². The Morgan fingerprint density at radius 3 is 2.28 bits per heavy atom. The smallest absolute Gasteiger partial charge is 0.0180 e. The van der Waals surface area contributed by atoms with Crippen molar-refractivity contribution in [2.75, 3.05) is 0 Å². The average molecular weight is 345 g/mol. The van der Waals surface area contributed by atoms with Crippen LogP contribution >= 0.6 is 0 Å². The molecule has 0 aromatic rings. The van der Waals surface area contributed by atoms with Crippen LogP contribution in [0.5, 0.6) is 0 Å². The molecule has 3 saturated carbocycles. The number of rotatable bonds is 4. The highest BCUT2D eigenvalue weighted by Gasteiger charge is 2.56. The highest BCUT2D eigenvalue weighted by atomic mass is 14.6. The third kappa shape index (κ3) is 3.14. The first-order valence-electron chi connectivity index (χ1n) is 11.4. The van der Waals surface area contributed by atoms with Gasteiger partial charge in [0.05, 0.1) is 0 Å². The van der Waals surface area contributed by atoms with Crippen LogP contribution in [0.25, 0.3) is 0 Å². The molecule has 8 unspecified atom stereocenters. The van der Waals surface area contributed by atoms with Crippen molar-refractivity contribution in [1.82, 2.24) is 0 Å². The Morgan fingerprint density at radius 2 is 1.68 bits per heavy atom. The minimum atomic E-state index is 0.482. The summed E-state index contributed by atoms with van der Waals surface area (Å²) in [4.78, 5) is 0. The SMILES string of the molecule is C=C(C)C(C)C1(C)CCC2C(CCC3(C)CC(CC)CCC23)C1CC. The van der Waals surface area contributed by atoms with Crippen molar-refractivity contribution in [3.8, 4) is 0 Å². The van der Waals surface area contributed by atoms with Crippen molar-refractivity contribution in [2.45, 2.75) is 99.3 Å². The number of fused-ring (bicyclic) bond motifs is 3. The molecule has 3 aliphatic rings. The molecule has 3 fully saturated rings. The zero-order chi connectivity index (χ0) is 18.4. The van der Waals surface area contributed by atoms with E-state index in [1.54, 1.807) is 0 Å². The third-order valence-electron chi connectivity index (χ3n) is 9.78. The van der Waals surface area contributed by atoms with Gasteiger partial charge in [-0.15, -0.1) is 0 Å². The monoisotopic (exact) mass is 344 g/mol. The molecule has 25 heavy (non-hydrogen) atoms. The minimum absolute atomic E-state index is 0.482. The van der Waals surface area contributed by atoms with E-state index in [1.165, 1.54) is 63.4 Å². The molecule has 0 aromatic heterocycles. The number of allylic oxidation sites excluding steroid dienone is 1. The van der Waals surface area contributed by atoms with E-state index in [9.17, 15) is 0 Å². The van der Waals surface area contributed by atoms with Crippen molar-refractivity contribution in [2.24, 2.45) is 46.3 Å². The van der Waals surface area contributed by atoms with Crippen LogP contribution in [0.3, 0.4) is 0 Å². The standard InChI is InChI=1S/C25H44/c1-8-19-10-11-23-21-13-15-25(7,18(5)17(3)4)22(9-2)20(21)12-14-24(23,6)16-19/h18-23H,3,8-16H2,1-2,4-7H3. The van der Waals surface area contributed by atoms with Gasteiger partial charge in [-0.05, 0) is 91.8 Å². The lowest BCUT2D eigenvalue weighted by atomic mass is 9.44. The summed E-state index contributed by atoms with van der Waals surface area (Å²) in [5, 5.41) is 0. The van der Waals surface area contributed by atoms with E-state index in [2.05, 4.69) is 48.1 Å². The average Bonchev–Trinajstić information content (AvgIpc) is 2.59. The molecule has 3 rings (SSSR count). The van der Waals surface area contributed by atoms with Crippen LogP contribution in [0.1, 0.15) is 99.3 Å². The van der Waals surface area contributed by atoms with Crippen LogP contribution in [0.4, 0.5) is 0 Å². The largest absolute Gasteiger partial charge is 0.0999 e. The Morgan fingerprint density at radius 1 is 1.00 bits per heavy atom. The van der Waals surface area contributed by atoms with Gasteiger partial charge in [-0.25, -0.2) is 0 Å². The maximum absolute atomic E-state index is 4.34. The fourth-order valence-electron chi connectivity index (χ4n) is 7.99. The summed E-state index contributed by atoms with van der Waals surface area (Å²) < 4.78 is 0. The molecule has 3 aliphatic carbocycles. The molecule has 0 N–H and O–H groups in total. The van der Waals surface area contributed by atoms with Gasteiger partial charge in [0, 0.05) is 0 Å². The van der Waals surface area contributed by atoms with Gasteiger partial charge in [0.1, 0.15) is 0 Å². The molecule has 0 nitrogen and oxygen atoms in total. The maximum atomic E-state index is 4.34. The lowest BCUT2D eigenvalue weighted by Crippen LogP contribution is -2.53. The lowest BCUT2D eigenvalue weighted by molar-refractivity contribution is -0.115. The molecule has 8 atom stereocenters. The van der Waals surface area contributed by atoms with Crippen molar-refractivity contribution in [3.63, 3.8) is 0 Å². The molecule has 0 amide bonds. The first-order chi connectivity index (χ1) is 11.8. The zero-order valence-electron chi connectivity index (χ0n) is 18.0. The molecule has 0 saturated heterocycles. The second-order valence-corrected chi connectivity index (χ2v) is 10.8. The summed E-state index contributed by atoms with van der Waals surface area (Å²) >= 11 is 0. The third-order valence-corrected chi connectivity index (χ3v) is 9.78. The van der Waals surface area contributed by atoms with E-state index in [0.717, 1.165) is 29.6 Å². The van der Waals surface area contributed by atoms with Crippen molar-refractivity contribution < 1.29 is 0 Å². The summed E-state index contributed by atoms with van der Waals surface area (Å²) in [6, 6.07) is 0. The van der Waals surface area contributed by atoms with Gasteiger partial charge >= 0.3 is 0 Å². The van der Waals surface area contributed by atoms with E-state index >= 15 is 0 Å². The molecule has 0 heteroatoms. The van der Waals surface area contributed by atoms with E-state index < -0.39 is 0 Å². The second kappa shape index (κ2) is 7.05. The zero-order valence-corrected chi connectivity index (χ0v) is 18.0. The Bertz CT molecular complexity index is 490. The molecular weight excluding hydrogens is 300 g/mol. The fraction of sp³-hybridized carbons (Fsp3) is 0.920. The van der Waals surface area contributed by atoms with Gasteiger partial charge < -0.3 is 0 Å². The highest BCUT2D eigenvalue weighted by molar-refractivity contribution is 5.10. The maximum Gasteiger partial charge on any atom is -0.0180 e. The quantitative estimate of drug-likeness (QED) is 0.455. The van der Waals surface area contributed by atoms with E-state index in [1.807, 2.05) is 0 Å². The summed E-state index contributed by atoms with van der Waals surface area (Å²) in [6.07, 6.45) is 13.3. The van der Waals surface area contributed by atoms with Crippen LogP contribution in [-0.2, 0) is 0 Å². The lowest BCUT2D eigenvalue weighted by Gasteiger charge is -2.61. The van der Waals surface area contributed by atoms with Crippen LogP contribution in [0.15, 0.2) is 12.2 Å². The number of hydrogen-bond acceptors (Lipinski definition) is 0. The molecule has 144 valence electrons. The van der Waals surface area contributed by atoms with E-state index in [-0.39, 0.29) is 0 Å². The first-order valence-corrected chi connectivity index (χ1v) is 11.4. The second-order valence-electron chi connectivity index (χ2n) is 10.8. The minimum Gasteiger partial charge on any atom is -0.0999 e. The Kier molecular flexibility index (Phi) is 5.50. The molecule has 0 aromatic carbocycles. The van der Waals surface area contributed by atoms with Crippen LogP contribution in [0.2, 0.25) is 0 Å².